The van der Waals surface area contributed by atoms with Gasteiger partial charge in [-0.25, -0.2) is 4.39 Å². The Labute approximate surface area is 121 Å². The predicted octanol–water partition coefficient (Wildman–Crippen LogP) is 2.00. The Kier molecular flexibility index (Phi) is 3.58. The highest BCUT2D eigenvalue weighted by Gasteiger charge is 2.19. The maximum absolute atomic E-state index is 13.0. The molecule has 3 rings (SSSR count). The Bertz CT molecular complexity index is 670. The molecule has 0 aromatic heterocycles. The van der Waals surface area contributed by atoms with Crippen LogP contribution in [0.5, 0.6) is 5.75 Å². The smallest absolute Gasteiger partial charge is 0.255 e. The third-order valence-corrected chi connectivity index (χ3v) is 3.48. The molecular formula is C16H15FN2O2. The van der Waals surface area contributed by atoms with E-state index in [4.69, 9.17) is 10.5 Å². The highest BCUT2D eigenvalue weighted by molar-refractivity contribution is 5.97. The molecule has 4 nitrogen and oxygen atoms in total. The van der Waals surface area contributed by atoms with Gasteiger partial charge < -0.3 is 15.8 Å². The fourth-order valence-electron chi connectivity index (χ4n) is 2.33. The van der Waals surface area contributed by atoms with Gasteiger partial charge in [0.1, 0.15) is 18.2 Å². The van der Waals surface area contributed by atoms with Gasteiger partial charge in [0.25, 0.3) is 5.91 Å². The summed E-state index contributed by atoms with van der Waals surface area (Å²) in [5.41, 5.74) is 8.23. The third kappa shape index (κ3) is 2.73. The molecule has 0 aliphatic carbocycles. The number of amides is 1. The van der Waals surface area contributed by atoms with Gasteiger partial charge in [0.15, 0.2) is 0 Å². The number of hydrogen-bond acceptors (Lipinski definition) is 3. The molecular weight excluding hydrogens is 271 g/mol. The Hall–Kier alpha value is -2.40. The van der Waals surface area contributed by atoms with E-state index in [0.29, 0.717) is 24.5 Å². The van der Waals surface area contributed by atoms with E-state index >= 15 is 0 Å². The van der Waals surface area contributed by atoms with Gasteiger partial charge in [-0.3, -0.25) is 4.79 Å². The van der Waals surface area contributed by atoms with Crippen molar-refractivity contribution >= 4 is 5.91 Å². The summed E-state index contributed by atoms with van der Waals surface area (Å²) in [5.74, 6) is 0.0800. The monoisotopic (exact) mass is 286 g/mol. The standard InChI is InChI=1S/C16H15FN2O2/c17-12-4-1-10(2-5-12)15(18)11-3-6-14-13(9-11)16(20)19-7-8-21-14/h1-6,9,15H,7-8,18H2,(H,19,20). The summed E-state index contributed by atoms with van der Waals surface area (Å²) in [4.78, 5) is 12.0. The maximum atomic E-state index is 13.0. The highest BCUT2D eigenvalue weighted by atomic mass is 19.1. The van der Waals surface area contributed by atoms with Gasteiger partial charge in [-0.15, -0.1) is 0 Å². The number of fused-ring (bicyclic) bond motifs is 1. The molecule has 0 spiro atoms. The molecule has 2 aromatic rings. The van der Waals surface area contributed by atoms with Crippen molar-refractivity contribution in [2.24, 2.45) is 5.73 Å². The van der Waals surface area contributed by atoms with Crippen LogP contribution < -0.4 is 15.8 Å². The molecule has 0 radical (unpaired) electrons. The second-order valence-electron chi connectivity index (χ2n) is 4.89. The number of benzene rings is 2. The van der Waals surface area contributed by atoms with Crippen LogP contribution in [0.3, 0.4) is 0 Å². The molecule has 0 bridgehead atoms. The third-order valence-electron chi connectivity index (χ3n) is 3.48. The van der Waals surface area contributed by atoms with Gasteiger partial charge in [0.05, 0.1) is 18.2 Å². The number of carbonyl (C=O) groups excluding carboxylic acids is 1. The molecule has 2 aromatic carbocycles. The van der Waals surface area contributed by atoms with Crippen LogP contribution >= 0.6 is 0 Å². The van der Waals surface area contributed by atoms with E-state index in [2.05, 4.69) is 5.32 Å². The first kappa shape index (κ1) is 13.6. The van der Waals surface area contributed by atoms with Crippen molar-refractivity contribution in [3.8, 4) is 5.75 Å². The zero-order chi connectivity index (χ0) is 14.8. The Morgan fingerprint density at radius 1 is 1.14 bits per heavy atom. The summed E-state index contributed by atoms with van der Waals surface area (Å²) in [7, 11) is 0. The molecule has 1 unspecified atom stereocenters. The molecule has 1 aliphatic rings. The summed E-state index contributed by atoms with van der Waals surface area (Å²) in [6.45, 7) is 0.926. The topological polar surface area (TPSA) is 64.4 Å². The predicted molar refractivity (Wildman–Crippen MR) is 76.7 cm³/mol. The van der Waals surface area contributed by atoms with Crippen LogP contribution in [0.25, 0.3) is 0 Å². The van der Waals surface area contributed by atoms with Gasteiger partial charge in [0.2, 0.25) is 0 Å². The SMILES string of the molecule is NC(c1ccc(F)cc1)c1ccc2c(c1)C(=O)NCCO2. The summed E-state index contributed by atoms with van der Waals surface area (Å²) in [6, 6.07) is 10.9. The van der Waals surface area contributed by atoms with Gasteiger partial charge in [-0.1, -0.05) is 18.2 Å². The van der Waals surface area contributed by atoms with E-state index in [1.165, 1.54) is 12.1 Å². The molecule has 0 saturated carbocycles. The Balaban J connectivity index is 1.96. The molecule has 0 saturated heterocycles. The fraction of sp³-hybridized carbons (Fsp3) is 0.188. The largest absolute Gasteiger partial charge is 0.491 e. The normalized spacial score (nSPS) is 15.4. The average molecular weight is 286 g/mol. The zero-order valence-corrected chi connectivity index (χ0v) is 11.3. The fourth-order valence-corrected chi connectivity index (χ4v) is 2.33. The van der Waals surface area contributed by atoms with Crippen molar-refractivity contribution in [3.63, 3.8) is 0 Å². The van der Waals surface area contributed by atoms with Crippen LogP contribution in [-0.4, -0.2) is 19.1 Å². The summed E-state index contributed by atoms with van der Waals surface area (Å²) < 4.78 is 18.5. The van der Waals surface area contributed by atoms with Crippen molar-refractivity contribution in [3.05, 3.63) is 65.0 Å². The number of nitrogens with two attached hydrogens (primary N) is 1. The Morgan fingerprint density at radius 3 is 2.62 bits per heavy atom. The lowest BCUT2D eigenvalue weighted by molar-refractivity contribution is 0.0957. The van der Waals surface area contributed by atoms with Gasteiger partial charge in [-0.2, -0.15) is 0 Å². The molecule has 1 aliphatic heterocycles. The molecule has 1 heterocycles. The zero-order valence-electron chi connectivity index (χ0n) is 11.3. The van der Waals surface area contributed by atoms with E-state index in [1.807, 2.05) is 6.07 Å². The summed E-state index contributed by atoms with van der Waals surface area (Å²) in [6.07, 6.45) is 0. The van der Waals surface area contributed by atoms with Gasteiger partial charge in [0, 0.05) is 0 Å². The van der Waals surface area contributed by atoms with Crippen LogP contribution in [-0.2, 0) is 0 Å². The lowest BCUT2D eigenvalue weighted by atomic mass is 9.97. The quantitative estimate of drug-likeness (QED) is 0.887. The number of rotatable bonds is 2. The van der Waals surface area contributed by atoms with Gasteiger partial charge in [-0.05, 0) is 35.4 Å². The lowest BCUT2D eigenvalue weighted by Crippen LogP contribution is -2.24. The van der Waals surface area contributed by atoms with Crippen LogP contribution in [0, 0.1) is 5.82 Å². The molecule has 108 valence electrons. The average Bonchev–Trinajstić information content (AvgIpc) is 2.69. The van der Waals surface area contributed by atoms with Crippen molar-refractivity contribution in [2.75, 3.05) is 13.2 Å². The van der Waals surface area contributed by atoms with Crippen molar-refractivity contribution in [1.82, 2.24) is 5.32 Å². The van der Waals surface area contributed by atoms with E-state index < -0.39 is 6.04 Å². The lowest BCUT2D eigenvalue weighted by Gasteiger charge is -2.15. The first-order valence-electron chi connectivity index (χ1n) is 6.71. The Morgan fingerprint density at radius 2 is 1.86 bits per heavy atom. The molecule has 1 atom stereocenters. The second-order valence-corrected chi connectivity index (χ2v) is 4.89. The first-order chi connectivity index (χ1) is 10.1. The van der Waals surface area contributed by atoms with Crippen LogP contribution in [0.1, 0.15) is 27.5 Å². The molecule has 0 fully saturated rings. The van der Waals surface area contributed by atoms with Crippen molar-refractivity contribution in [1.29, 1.82) is 0 Å². The number of nitrogens with one attached hydrogen (secondary N) is 1. The van der Waals surface area contributed by atoms with Crippen LogP contribution in [0.4, 0.5) is 4.39 Å². The highest BCUT2D eigenvalue weighted by Crippen LogP contribution is 2.27. The molecule has 21 heavy (non-hydrogen) atoms. The van der Waals surface area contributed by atoms with E-state index in [0.717, 1.165) is 11.1 Å². The number of halogens is 1. The summed E-state index contributed by atoms with van der Waals surface area (Å²) in [5, 5.41) is 2.76. The van der Waals surface area contributed by atoms with Gasteiger partial charge >= 0.3 is 0 Å². The first-order valence-corrected chi connectivity index (χ1v) is 6.71. The molecule has 5 heteroatoms. The van der Waals surface area contributed by atoms with Crippen molar-refractivity contribution in [2.45, 2.75) is 6.04 Å². The van der Waals surface area contributed by atoms with E-state index in [-0.39, 0.29) is 11.7 Å². The second kappa shape index (κ2) is 5.54. The summed E-state index contributed by atoms with van der Waals surface area (Å²) >= 11 is 0. The van der Waals surface area contributed by atoms with Crippen LogP contribution in [0.15, 0.2) is 42.5 Å². The van der Waals surface area contributed by atoms with E-state index in [1.54, 1.807) is 24.3 Å². The molecule has 3 N–H and O–H groups in total. The molecule has 1 amide bonds. The minimum atomic E-state index is -0.424. The van der Waals surface area contributed by atoms with Crippen LogP contribution in [0.2, 0.25) is 0 Å². The number of hydrogen-bond donors (Lipinski definition) is 2. The maximum Gasteiger partial charge on any atom is 0.255 e. The van der Waals surface area contributed by atoms with Crippen molar-refractivity contribution < 1.29 is 13.9 Å². The number of ether oxygens (including phenoxy) is 1. The van der Waals surface area contributed by atoms with E-state index in [9.17, 15) is 9.18 Å². The number of carbonyl (C=O) groups is 1. The minimum absolute atomic E-state index is 0.171. The minimum Gasteiger partial charge on any atom is -0.491 e.